The maximum absolute atomic E-state index is 3.21. The molecule has 0 aliphatic carbocycles. The Morgan fingerprint density at radius 3 is 2.44 bits per heavy atom. The van der Waals surface area contributed by atoms with Gasteiger partial charge in [0.25, 0.3) is 0 Å². The van der Waals surface area contributed by atoms with E-state index in [1.165, 1.54) is 5.56 Å². The van der Waals surface area contributed by atoms with E-state index in [-0.39, 0.29) is 0 Å². The van der Waals surface area contributed by atoms with Crippen molar-refractivity contribution in [2.45, 2.75) is 6.54 Å². The second-order valence-electron chi connectivity index (χ2n) is 1.87. The summed E-state index contributed by atoms with van der Waals surface area (Å²) in [5.41, 5.74) is 1.37. The van der Waals surface area contributed by atoms with Crippen molar-refractivity contribution in [3.8, 4) is 0 Å². The third-order valence-corrected chi connectivity index (χ3v) is 1.73. The van der Waals surface area contributed by atoms with Gasteiger partial charge in [-0.2, -0.15) is 0 Å². The van der Waals surface area contributed by atoms with Crippen LogP contribution in [0.15, 0.2) is 30.3 Å². The Morgan fingerprint density at radius 2 is 1.89 bits per heavy atom. The average Bonchev–Trinajstić information content (AvgIpc) is 1.91. The second kappa shape index (κ2) is 3.90. The van der Waals surface area contributed by atoms with Gasteiger partial charge in [-0.25, -0.2) is 0 Å². The third kappa shape index (κ3) is 2.37. The van der Waals surface area contributed by atoms with E-state index in [1.807, 2.05) is 6.07 Å². The molecule has 9 heavy (non-hydrogen) atoms. The van der Waals surface area contributed by atoms with Gasteiger partial charge in [-0.05, 0) is 0 Å². The molecule has 1 aromatic carbocycles. The molecule has 2 radical (unpaired) electrons. The van der Waals surface area contributed by atoms with Gasteiger partial charge in [-0.15, -0.1) is 0 Å². The van der Waals surface area contributed by atoms with Gasteiger partial charge in [-0.1, -0.05) is 0 Å². The minimum absolute atomic E-state index is 1.02. The summed E-state index contributed by atoms with van der Waals surface area (Å²) in [7, 11) is 0. The number of hydrogen-bond donors (Lipinski definition) is 1. The first-order valence-corrected chi connectivity index (χ1v) is 4.55. The SMILES string of the molecule is [SnH][NH]Cc1ccccc1. The van der Waals surface area contributed by atoms with Crippen molar-refractivity contribution in [3.63, 3.8) is 0 Å². The first-order chi connectivity index (χ1) is 4.43. The van der Waals surface area contributed by atoms with Gasteiger partial charge >= 0.3 is 68.8 Å². The van der Waals surface area contributed by atoms with Crippen LogP contribution in [-0.4, -0.2) is 22.8 Å². The summed E-state index contributed by atoms with van der Waals surface area (Å²) < 4.78 is 3.21. The molecule has 1 nitrogen and oxygen atoms in total. The minimum atomic E-state index is 1.02. The van der Waals surface area contributed by atoms with Crippen LogP contribution in [0.5, 0.6) is 0 Å². The third-order valence-electron chi connectivity index (χ3n) is 1.15. The standard InChI is InChI=1S/C7H8N.Sn.H/c8-6-7-4-2-1-3-5-7;;/h1-5,8H,6H2;;/q-1;+1;. The van der Waals surface area contributed by atoms with Crippen LogP contribution in [0.25, 0.3) is 0 Å². The molecule has 1 N–H and O–H groups in total. The molecule has 0 amide bonds. The molecular weight excluding hydrogens is 217 g/mol. The van der Waals surface area contributed by atoms with Crippen molar-refractivity contribution in [1.29, 1.82) is 0 Å². The number of hydrogen-bond acceptors (Lipinski definition) is 1. The fraction of sp³-hybridized carbons (Fsp3) is 0.143. The van der Waals surface area contributed by atoms with Gasteiger partial charge in [0.1, 0.15) is 0 Å². The van der Waals surface area contributed by atoms with Crippen LogP contribution in [0.2, 0.25) is 0 Å². The quantitative estimate of drug-likeness (QED) is 0.727. The number of rotatable bonds is 2. The molecule has 1 rings (SSSR count). The fourth-order valence-corrected chi connectivity index (χ4v) is 1.39. The van der Waals surface area contributed by atoms with Crippen molar-refractivity contribution in [1.82, 2.24) is 3.54 Å². The van der Waals surface area contributed by atoms with E-state index in [0.717, 1.165) is 29.3 Å². The fourth-order valence-electron chi connectivity index (χ4n) is 0.714. The van der Waals surface area contributed by atoms with E-state index in [2.05, 4.69) is 27.8 Å². The molecule has 0 spiro atoms. The Bertz CT molecular complexity index is 162. The van der Waals surface area contributed by atoms with Gasteiger partial charge in [-0.3, -0.25) is 0 Å². The monoisotopic (exact) mass is 227 g/mol. The number of nitrogens with one attached hydrogen (secondary N) is 1. The molecule has 0 aliphatic rings. The second-order valence-corrected chi connectivity index (χ2v) is 3.03. The van der Waals surface area contributed by atoms with Crippen molar-refractivity contribution >= 4 is 22.8 Å². The Hall–Kier alpha value is -0.0213. The van der Waals surface area contributed by atoms with Crippen molar-refractivity contribution < 1.29 is 0 Å². The summed E-state index contributed by atoms with van der Waals surface area (Å²) in [5, 5.41) is 0. The predicted molar refractivity (Wildman–Crippen MR) is 40.4 cm³/mol. The molecule has 0 atom stereocenters. The van der Waals surface area contributed by atoms with Gasteiger partial charge < -0.3 is 0 Å². The first-order valence-electron chi connectivity index (χ1n) is 2.91. The zero-order valence-electron chi connectivity index (χ0n) is 5.17. The molecular formula is C7H9NSn. The maximum atomic E-state index is 3.21. The summed E-state index contributed by atoms with van der Waals surface area (Å²) in [6.45, 7) is 1.02. The molecule has 0 saturated carbocycles. The molecule has 0 unspecified atom stereocenters. The van der Waals surface area contributed by atoms with Crippen LogP contribution >= 0.6 is 0 Å². The molecule has 1 aromatic rings. The van der Waals surface area contributed by atoms with E-state index in [9.17, 15) is 0 Å². The van der Waals surface area contributed by atoms with Gasteiger partial charge in [0, 0.05) is 0 Å². The van der Waals surface area contributed by atoms with Gasteiger partial charge in [0.05, 0.1) is 0 Å². The molecule has 0 saturated heterocycles. The van der Waals surface area contributed by atoms with E-state index in [4.69, 9.17) is 0 Å². The molecule has 0 aliphatic heterocycles. The normalized spacial score (nSPS) is 9.44. The summed E-state index contributed by atoms with van der Waals surface area (Å²) in [6.07, 6.45) is 0. The number of benzene rings is 1. The summed E-state index contributed by atoms with van der Waals surface area (Å²) in [4.78, 5) is 0. The van der Waals surface area contributed by atoms with Crippen LogP contribution in [0, 0.1) is 0 Å². The van der Waals surface area contributed by atoms with Gasteiger partial charge in [0.15, 0.2) is 0 Å². The van der Waals surface area contributed by atoms with E-state index in [0.29, 0.717) is 0 Å². The summed E-state index contributed by atoms with van der Waals surface area (Å²) >= 11 is 1.13. The van der Waals surface area contributed by atoms with Crippen LogP contribution in [0.4, 0.5) is 0 Å². The Kier molecular flexibility index (Phi) is 3.07. The zero-order chi connectivity index (χ0) is 6.53. The van der Waals surface area contributed by atoms with Crippen molar-refractivity contribution in [2.75, 3.05) is 0 Å². The first kappa shape index (κ1) is 7.09. The van der Waals surface area contributed by atoms with E-state index < -0.39 is 0 Å². The van der Waals surface area contributed by atoms with Gasteiger partial charge in [0.2, 0.25) is 0 Å². The summed E-state index contributed by atoms with van der Waals surface area (Å²) in [6, 6.07) is 10.4. The zero-order valence-corrected chi connectivity index (χ0v) is 8.47. The Balaban J connectivity index is 2.61. The van der Waals surface area contributed by atoms with Crippen LogP contribution in [0.3, 0.4) is 0 Å². The van der Waals surface area contributed by atoms with Crippen LogP contribution < -0.4 is 3.54 Å². The topological polar surface area (TPSA) is 12.0 Å². The van der Waals surface area contributed by atoms with Crippen molar-refractivity contribution in [3.05, 3.63) is 35.9 Å². The molecule has 0 bridgehead atoms. The molecule has 46 valence electrons. The van der Waals surface area contributed by atoms with Crippen LogP contribution in [0.1, 0.15) is 5.56 Å². The molecule has 0 fully saturated rings. The van der Waals surface area contributed by atoms with Crippen LogP contribution in [-0.2, 0) is 6.54 Å². The molecule has 0 heterocycles. The predicted octanol–water partition coefficient (Wildman–Crippen LogP) is 0.592. The molecule has 2 heteroatoms. The van der Waals surface area contributed by atoms with E-state index in [1.54, 1.807) is 0 Å². The average molecular weight is 226 g/mol. The van der Waals surface area contributed by atoms with E-state index >= 15 is 0 Å². The van der Waals surface area contributed by atoms with Crippen molar-refractivity contribution in [2.24, 2.45) is 0 Å². The molecule has 0 aromatic heterocycles. The Morgan fingerprint density at radius 1 is 1.22 bits per heavy atom. The Labute approximate surface area is 68.9 Å². The summed E-state index contributed by atoms with van der Waals surface area (Å²) in [5.74, 6) is 0.